The van der Waals surface area contributed by atoms with Crippen molar-refractivity contribution in [3.63, 3.8) is 0 Å². The van der Waals surface area contributed by atoms with E-state index in [4.69, 9.17) is 9.84 Å². The third-order valence-corrected chi connectivity index (χ3v) is 5.13. The first-order valence-electron chi connectivity index (χ1n) is 8.30. The molecule has 2 aliphatic rings. The van der Waals surface area contributed by atoms with Crippen molar-refractivity contribution in [3.8, 4) is 0 Å². The van der Waals surface area contributed by atoms with E-state index in [1.165, 1.54) is 0 Å². The molecule has 0 radical (unpaired) electrons. The maximum Gasteiger partial charge on any atom is 0.305 e. The van der Waals surface area contributed by atoms with E-state index < -0.39 is 11.4 Å². The van der Waals surface area contributed by atoms with Gasteiger partial charge in [0.2, 0.25) is 5.91 Å². The predicted molar refractivity (Wildman–Crippen MR) is 85.2 cm³/mol. The Labute approximate surface area is 136 Å². The van der Waals surface area contributed by atoms with Crippen molar-refractivity contribution in [3.05, 3.63) is 35.9 Å². The number of benzene rings is 1. The number of aliphatic carboxylic acids is 1. The van der Waals surface area contributed by atoms with Gasteiger partial charge < -0.3 is 14.7 Å². The number of ether oxygens (including phenoxy) is 1. The first kappa shape index (κ1) is 16.0. The minimum atomic E-state index is -0.838. The Morgan fingerprint density at radius 1 is 1.22 bits per heavy atom. The summed E-state index contributed by atoms with van der Waals surface area (Å²) < 4.78 is 5.49. The summed E-state index contributed by atoms with van der Waals surface area (Å²) in [6.07, 6.45) is 3.01. The Morgan fingerprint density at radius 2 is 1.91 bits per heavy atom. The molecule has 2 saturated heterocycles. The Morgan fingerprint density at radius 3 is 2.57 bits per heavy atom. The van der Waals surface area contributed by atoms with E-state index in [1.54, 1.807) is 0 Å². The van der Waals surface area contributed by atoms with Crippen LogP contribution in [0.15, 0.2) is 30.3 Å². The Kier molecular flexibility index (Phi) is 4.66. The molecule has 2 fully saturated rings. The fourth-order valence-corrected chi connectivity index (χ4v) is 3.89. The Balaban J connectivity index is 1.90. The molecule has 1 atom stereocenters. The average molecular weight is 317 g/mol. The largest absolute Gasteiger partial charge is 0.481 e. The van der Waals surface area contributed by atoms with Crippen LogP contribution in [0.1, 0.15) is 37.7 Å². The summed E-state index contributed by atoms with van der Waals surface area (Å²) in [5.41, 5.74) is 0.454. The molecule has 0 saturated carbocycles. The van der Waals surface area contributed by atoms with Gasteiger partial charge in [0.15, 0.2) is 0 Å². The van der Waals surface area contributed by atoms with Crippen LogP contribution in [0.5, 0.6) is 0 Å². The first-order chi connectivity index (χ1) is 11.1. The standard InChI is InChI=1S/C18H23NO4/c20-16(21)13-15-7-4-10-19(15)17(22)18(8-11-23-12-9-18)14-5-2-1-3-6-14/h1-3,5-6,15H,4,7-13H2,(H,20,21). The van der Waals surface area contributed by atoms with Crippen LogP contribution in [0.3, 0.4) is 0 Å². The number of carboxylic acid groups (broad SMARTS) is 1. The molecule has 0 spiro atoms. The number of carbonyl (C=O) groups is 2. The van der Waals surface area contributed by atoms with Gasteiger partial charge in [0.05, 0.1) is 11.8 Å². The van der Waals surface area contributed by atoms with Gasteiger partial charge in [0, 0.05) is 25.8 Å². The summed E-state index contributed by atoms with van der Waals surface area (Å²) in [7, 11) is 0. The molecule has 0 bridgehead atoms. The predicted octanol–water partition coefficient (Wildman–Crippen LogP) is 2.20. The van der Waals surface area contributed by atoms with Gasteiger partial charge in [-0.05, 0) is 31.2 Å². The number of carboxylic acids is 1. The van der Waals surface area contributed by atoms with E-state index in [0.717, 1.165) is 18.4 Å². The van der Waals surface area contributed by atoms with Crippen LogP contribution in [0.2, 0.25) is 0 Å². The van der Waals surface area contributed by atoms with E-state index in [2.05, 4.69) is 0 Å². The molecule has 2 aliphatic heterocycles. The van der Waals surface area contributed by atoms with Gasteiger partial charge in [0.1, 0.15) is 0 Å². The number of hydrogen-bond acceptors (Lipinski definition) is 3. The molecule has 1 aromatic carbocycles. The van der Waals surface area contributed by atoms with Crippen LogP contribution < -0.4 is 0 Å². The Hall–Kier alpha value is -1.88. The van der Waals surface area contributed by atoms with Crippen LogP contribution in [-0.4, -0.2) is 47.7 Å². The summed E-state index contributed by atoms with van der Waals surface area (Å²) in [4.78, 5) is 26.3. The summed E-state index contributed by atoms with van der Waals surface area (Å²) in [5.74, 6) is -0.758. The fourth-order valence-electron chi connectivity index (χ4n) is 3.89. The monoisotopic (exact) mass is 317 g/mol. The van der Waals surface area contributed by atoms with Crippen molar-refractivity contribution >= 4 is 11.9 Å². The van der Waals surface area contributed by atoms with Crippen molar-refractivity contribution < 1.29 is 19.4 Å². The molecule has 0 aromatic heterocycles. The molecule has 5 nitrogen and oxygen atoms in total. The zero-order chi connectivity index (χ0) is 16.3. The van der Waals surface area contributed by atoms with Gasteiger partial charge >= 0.3 is 5.97 Å². The maximum atomic E-state index is 13.4. The summed E-state index contributed by atoms with van der Waals surface area (Å²) in [6.45, 7) is 1.79. The lowest BCUT2D eigenvalue weighted by Gasteiger charge is -2.40. The van der Waals surface area contributed by atoms with Gasteiger partial charge in [-0.1, -0.05) is 30.3 Å². The summed E-state index contributed by atoms with van der Waals surface area (Å²) in [5, 5.41) is 9.11. The van der Waals surface area contributed by atoms with Crippen LogP contribution in [-0.2, 0) is 19.7 Å². The van der Waals surface area contributed by atoms with Gasteiger partial charge in [0.25, 0.3) is 0 Å². The molecule has 2 heterocycles. The molecule has 1 unspecified atom stereocenters. The second-order valence-electron chi connectivity index (χ2n) is 6.45. The van der Waals surface area contributed by atoms with Crippen LogP contribution in [0, 0.1) is 0 Å². The Bertz CT molecular complexity index is 566. The lowest BCUT2D eigenvalue weighted by Crippen LogP contribution is -2.51. The highest BCUT2D eigenvalue weighted by Gasteiger charge is 2.46. The number of carbonyl (C=O) groups excluding carboxylic acids is 1. The van der Waals surface area contributed by atoms with Gasteiger partial charge in [-0.25, -0.2) is 0 Å². The van der Waals surface area contributed by atoms with Gasteiger partial charge in [-0.15, -0.1) is 0 Å². The van der Waals surface area contributed by atoms with Crippen LogP contribution >= 0.6 is 0 Å². The normalized spacial score (nSPS) is 23.7. The highest BCUT2D eigenvalue weighted by molar-refractivity contribution is 5.89. The molecular formula is C18H23NO4. The smallest absolute Gasteiger partial charge is 0.305 e. The molecule has 124 valence electrons. The average Bonchev–Trinajstić information content (AvgIpc) is 3.03. The molecule has 0 aliphatic carbocycles. The van der Waals surface area contributed by atoms with E-state index in [-0.39, 0.29) is 18.4 Å². The van der Waals surface area contributed by atoms with E-state index in [1.807, 2.05) is 35.2 Å². The molecule has 1 N–H and O–H groups in total. The van der Waals surface area contributed by atoms with E-state index in [9.17, 15) is 9.59 Å². The van der Waals surface area contributed by atoms with Crippen molar-refractivity contribution in [2.75, 3.05) is 19.8 Å². The number of hydrogen-bond donors (Lipinski definition) is 1. The molecule has 1 aromatic rings. The van der Waals surface area contributed by atoms with Gasteiger partial charge in [-0.2, -0.15) is 0 Å². The second kappa shape index (κ2) is 6.71. The third kappa shape index (κ3) is 3.11. The quantitative estimate of drug-likeness (QED) is 0.924. The molecule has 1 amide bonds. The minimum absolute atomic E-state index is 0.0348. The second-order valence-corrected chi connectivity index (χ2v) is 6.45. The topological polar surface area (TPSA) is 66.8 Å². The highest BCUT2D eigenvalue weighted by Crippen LogP contribution is 2.38. The molecular weight excluding hydrogens is 294 g/mol. The van der Waals surface area contributed by atoms with Crippen molar-refractivity contribution in [1.82, 2.24) is 4.90 Å². The maximum absolute atomic E-state index is 13.4. The highest BCUT2D eigenvalue weighted by atomic mass is 16.5. The van der Waals surface area contributed by atoms with Crippen molar-refractivity contribution in [2.24, 2.45) is 0 Å². The van der Waals surface area contributed by atoms with Crippen LogP contribution in [0.25, 0.3) is 0 Å². The number of nitrogens with zero attached hydrogens (tertiary/aromatic N) is 1. The lowest BCUT2D eigenvalue weighted by atomic mass is 9.73. The number of amides is 1. The number of likely N-dealkylation sites (tertiary alicyclic amines) is 1. The van der Waals surface area contributed by atoms with Crippen molar-refractivity contribution in [1.29, 1.82) is 0 Å². The van der Waals surface area contributed by atoms with Gasteiger partial charge in [-0.3, -0.25) is 9.59 Å². The summed E-state index contributed by atoms with van der Waals surface area (Å²) in [6, 6.07) is 9.70. The third-order valence-electron chi connectivity index (χ3n) is 5.13. The van der Waals surface area contributed by atoms with E-state index in [0.29, 0.717) is 32.6 Å². The molecule has 3 rings (SSSR count). The molecule has 23 heavy (non-hydrogen) atoms. The first-order valence-corrected chi connectivity index (χ1v) is 8.30. The lowest BCUT2D eigenvalue weighted by molar-refractivity contribution is -0.144. The minimum Gasteiger partial charge on any atom is -0.481 e. The number of rotatable bonds is 4. The van der Waals surface area contributed by atoms with Crippen LogP contribution in [0.4, 0.5) is 0 Å². The van der Waals surface area contributed by atoms with Crippen molar-refractivity contribution in [2.45, 2.75) is 43.6 Å². The van der Waals surface area contributed by atoms with E-state index >= 15 is 0 Å². The fraction of sp³-hybridized carbons (Fsp3) is 0.556. The zero-order valence-electron chi connectivity index (χ0n) is 13.2. The zero-order valence-corrected chi connectivity index (χ0v) is 13.2. The SMILES string of the molecule is O=C(O)CC1CCCN1C(=O)C1(c2ccccc2)CCOCC1. The summed E-state index contributed by atoms with van der Waals surface area (Å²) >= 11 is 0. The molecule has 5 heteroatoms.